The van der Waals surface area contributed by atoms with E-state index < -0.39 is 0 Å². The molecule has 1 fully saturated rings. The number of ether oxygens (including phenoxy) is 1. The number of hydrogen-bond acceptors (Lipinski definition) is 3. The maximum Gasteiger partial charge on any atom is 0.0846 e. The number of rotatable bonds is 3. The molecule has 80 valence electrons. The Labute approximate surface area is 84.4 Å². The van der Waals surface area contributed by atoms with Crippen LogP contribution in [0.2, 0.25) is 0 Å². The minimum atomic E-state index is -0.347. The van der Waals surface area contributed by atoms with Crippen molar-refractivity contribution in [3.8, 4) is 0 Å². The first-order chi connectivity index (χ1) is 6.76. The third-order valence-electron chi connectivity index (χ3n) is 3.36. The fraction of sp³-hybridized carbons (Fsp3) is 0.818. The van der Waals surface area contributed by atoms with Crippen LogP contribution in [0.5, 0.6) is 0 Å². The second kappa shape index (κ2) is 4.01. The van der Waals surface area contributed by atoms with Gasteiger partial charge in [0, 0.05) is 0 Å². The summed E-state index contributed by atoms with van der Waals surface area (Å²) in [6, 6.07) is 0. The molecule has 0 aromatic rings. The zero-order valence-corrected chi connectivity index (χ0v) is 8.52. The van der Waals surface area contributed by atoms with Crippen LogP contribution < -0.4 is 0 Å². The van der Waals surface area contributed by atoms with Gasteiger partial charge >= 0.3 is 0 Å². The number of aliphatic hydroxyl groups excluding tert-OH is 2. The Balaban J connectivity index is 1.98. The van der Waals surface area contributed by atoms with Crippen molar-refractivity contribution in [2.45, 2.75) is 44.5 Å². The van der Waals surface area contributed by atoms with Crippen molar-refractivity contribution in [3.63, 3.8) is 0 Å². The SMILES string of the molecule is CC[C@H](O)[C@H]1C[C@@H]2CC=C(CO)[C@@H]2O1. The van der Waals surface area contributed by atoms with Crippen LogP contribution in [-0.4, -0.2) is 35.1 Å². The molecule has 1 aliphatic heterocycles. The summed E-state index contributed by atoms with van der Waals surface area (Å²) in [4.78, 5) is 0. The Bertz CT molecular complexity index is 237. The van der Waals surface area contributed by atoms with Crippen molar-refractivity contribution >= 4 is 0 Å². The summed E-state index contributed by atoms with van der Waals surface area (Å²) >= 11 is 0. The van der Waals surface area contributed by atoms with Crippen LogP contribution in [0.1, 0.15) is 26.2 Å². The summed E-state index contributed by atoms with van der Waals surface area (Å²) < 4.78 is 5.76. The zero-order chi connectivity index (χ0) is 10.1. The molecule has 3 heteroatoms. The number of fused-ring (bicyclic) bond motifs is 1. The molecule has 0 aromatic heterocycles. The van der Waals surface area contributed by atoms with Gasteiger partial charge in [0.2, 0.25) is 0 Å². The molecular weight excluding hydrogens is 180 g/mol. The van der Waals surface area contributed by atoms with Crippen molar-refractivity contribution in [1.82, 2.24) is 0 Å². The van der Waals surface area contributed by atoms with Crippen molar-refractivity contribution in [2.24, 2.45) is 5.92 Å². The number of allylic oxidation sites excluding steroid dienone is 1. The van der Waals surface area contributed by atoms with Gasteiger partial charge in [-0.15, -0.1) is 0 Å². The van der Waals surface area contributed by atoms with E-state index in [1.165, 1.54) is 0 Å². The number of aliphatic hydroxyl groups is 2. The first-order valence-corrected chi connectivity index (χ1v) is 5.39. The molecule has 3 nitrogen and oxygen atoms in total. The molecule has 0 amide bonds. The topological polar surface area (TPSA) is 49.7 Å². The lowest BCUT2D eigenvalue weighted by molar-refractivity contribution is -0.0277. The van der Waals surface area contributed by atoms with Crippen LogP contribution >= 0.6 is 0 Å². The summed E-state index contributed by atoms with van der Waals surface area (Å²) in [6.45, 7) is 2.06. The largest absolute Gasteiger partial charge is 0.392 e. The molecule has 0 spiro atoms. The first-order valence-electron chi connectivity index (χ1n) is 5.39. The molecule has 2 rings (SSSR count). The van der Waals surface area contributed by atoms with Gasteiger partial charge in [-0.25, -0.2) is 0 Å². The van der Waals surface area contributed by atoms with E-state index in [4.69, 9.17) is 9.84 Å². The van der Waals surface area contributed by atoms with Gasteiger partial charge in [0.25, 0.3) is 0 Å². The second-order valence-electron chi connectivity index (χ2n) is 4.24. The summed E-state index contributed by atoms with van der Waals surface area (Å²) in [5.41, 5.74) is 1.00. The molecule has 0 unspecified atom stereocenters. The van der Waals surface area contributed by atoms with Crippen molar-refractivity contribution < 1.29 is 14.9 Å². The first kappa shape index (κ1) is 10.1. The Morgan fingerprint density at radius 1 is 1.64 bits per heavy atom. The van der Waals surface area contributed by atoms with Crippen molar-refractivity contribution in [2.75, 3.05) is 6.61 Å². The second-order valence-corrected chi connectivity index (χ2v) is 4.24. The Hall–Kier alpha value is -0.380. The third kappa shape index (κ3) is 1.60. The zero-order valence-electron chi connectivity index (χ0n) is 8.52. The average Bonchev–Trinajstić information content (AvgIpc) is 2.74. The van der Waals surface area contributed by atoms with Gasteiger partial charge in [0.05, 0.1) is 24.9 Å². The summed E-state index contributed by atoms with van der Waals surface area (Å²) in [6.07, 6.45) is 4.44. The molecule has 4 atom stereocenters. The maximum absolute atomic E-state index is 9.66. The van der Waals surface area contributed by atoms with Crippen LogP contribution in [-0.2, 0) is 4.74 Å². The van der Waals surface area contributed by atoms with E-state index in [0.29, 0.717) is 5.92 Å². The predicted octanol–water partition coefficient (Wildman–Crippen LogP) is 0.853. The third-order valence-corrected chi connectivity index (χ3v) is 3.36. The highest BCUT2D eigenvalue weighted by Gasteiger charge is 2.41. The van der Waals surface area contributed by atoms with Gasteiger partial charge in [0.15, 0.2) is 0 Å². The maximum atomic E-state index is 9.66. The lowest BCUT2D eigenvalue weighted by Gasteiger charge is -2.18. The van der Waals surface area contributed by atoms with Crippen LogP contribution in [0.3, 0.4) is 0 Å². The summed E-state index contributed by atoms with van der Waals surface area (Å²) in [5.74, 6) is 0.489. The van der Waals surface area contributed by atoms with Crippen LogP contribution in [0.25, 0.3) is 0 Å². The van der Waals surface area contributed by atoms with E-state index in [1.807, 2.05) is 6.92 Å². The molecule has 0 radical (unpaired) electrons. The van der Waals surface area contributed by atoms with Gasteiger partial charge in [-0.2, -0.15) is 0 Å². The van der Waals surface area contributed by atoms with Gasteiger partial charge in [-0.05, 0) is 30.8 Å². The molecule has 1 saturated heterocycles. The fourth-order valence-electron chi connectivity index (χ4n) is 2.47. The van der Waals surface area contributed by atoms with Crippen molar-refractivity contribution in [3.05, 3.63) is 11.6 Å². The average molecular weight is 198 g/mol. The highest BCUT2D eigenvalue weighted by atomic mass is 16.5. The minimum Gasteiger partial charge on any atom is -0.392 e. The Kier molecular flexibility index (Phi) is 2.91. The molecule has 1 heterocycles. The molecule has 0 saturated carbocycles. The lowest BCUT2D eigenvalue weighted by Crippen LogP contribution is -2.26. The monoisotopic (exact) mass is 198 g/mol. The van der Waals surface area contributed by atoms with E-state index >= 15 is 0 Å². The molecular formula is C11H18O3. The molecule has 0 aromatic carbocycles. The van der Waals surface area contributed by atoms with Gasteiger partial charge in [-0.1, -0.05) is 13.0 Å². The molecule has 2 N–H and O–H groups in total. The highest BCUT2D eigenvalue weighted by Crippen LogP contribution is 2.39. The summed E-state index contributed by atoms with van der Waals surface area (Å²) in [7, 11) is 0. The molecule has 1 aliphatic carbocycles. The molecule has 2 aliphatic rings. The highest BCUT2D eigenvalue weighted by molar-refractivity contribution is 5.20. The smallest absolute Gasteiger partial charge is 0.0846 e. The quantitative estimate of drug-likeness (QED) is 0.661. The standard InChI is InChI=1S/C11H18O3/c1-2-9(13)10-5-7-3-4-8(6-12)11(7)14-10/h4,7,9-13H,2-3,5-6H2,1H3/t7-,9-,10+,11+/m0/s1. The van der Waals surface area contributed by atoms with Crippen LogP contribution in [0.15, 0.2) is 11.6 Å². The molecule has 0 bridgehead atoms. The van der Waals surface area contributed by atoms with E-state index in [-0.39, 0.29) is 24.9 Å². The van der Waals surface area contributed by atoms with E-state index in [9.17, 15) is 5.11 Å². The van der Waals surface area contributed by atoms with Gasteiger partial charge < -0.3 is 14.9 Å². The fourth-order valence-corrected chi connectivity index (χ4v) is 2.47. The lowest BCUT2D eigenvalue weighted by atomic mass is 9.97. The summed E-state index contributed by atoms with van der Waals surface area (Å²) in [5, 5.41) is 18.7. The van der Waals surface area contributed by atoms with E-state index in [2.05, 4.69) is 6.08 Å². The van der Waals surface area contributed by atoms with Gasteiger partial charge in [-0.3, -0.25) is 0 Å². The van der Waals surface area contributed by atoms with E-state index in [0.717, 1.165) is 24.8 Å². The van der Waals surface area contributed by atoms with Crippen LogP contribution in [0, 0.1) is 5.92 Å². The number of hydrogen-bond donors (Lipinski definition) is 2. The van der Waals surface area contributed by atoms with E-state index in [1.54, 1.807) is 0 Å². The predicted molar refractivity (Wildman–Crippen MR) is 52.9 cm³/mol. The van der Waals surface area contributed by atoms with Gasteiger partial charge in [0.1, 0.15) is 0 Å². The normalized spacial score (nSPS) is 38.2. The Morgan fingerprint density at radius 3 is 3.07 bits per heavy atom. The molecule has 14 heavy (non-hydrogen) atoms. The minimum absolute atomic E-state index is 0.0229. The Morgan fingerprint density at radius 2 is 2.43 bits per heavy atom. The van der Waals surface area contributed by atoms with Crippen LogP contribution in [0.4, 0.5) is 0 Å². The van der Waals surface area contributed by atoms with Crippen molar-refractivity contribution in [1.29, 1.82) is 0 Å².